The molecule has 0 saturated carbocycles. The van der Waals surface area contributed by atoms with Gasteiger partial charge in [0.2, 0.25) is 17.2 Å². The summed E-state index contributed by atoms with van der Waals surface area (Å²) in [6.07, 6.45) is 0. The van der Waals surface area contributed by atoms with E-state index in [9.17, 15) is 26.7 Å². The quantitative estimate of drug-likeness (QED) is 0.0124. The van der Waals surface area contributed by atoms with Crippen molar-refractivity contribution in [3.05, 3.63) is 83.6 Å². The number of hydrogen-bond acceptors (Lipinski definition) is 22. The summed E-state index contributed by atoms with van der Waals surface area (Å²) in [4.78, 5) is 27.2. The lowest BCUT2D eigenvalue weighted by Crippen LogP contribution is -2.23. The molecule has 27 heteroatoms. The van der Waals surface area contributed by atoms with E-state index in [0.717, 1.165) is 12.0 Å². The molecule has 1 amide bonds. The van der Waals surface area contributed by atoms with Crippen LogP contribution < -0.4 is 15.5 Å². The third kappa shape index (κ3) is 12.6. The molecule has 0 saturated heterocycles. The van der Waals surface area contributed by atoms with E-state index >= 15 is 0 Å². The van der Waals surface area contributed by atoms with Gasteiger partial charge in [0.15, 0.2) is 15.6 Å². The van der Waals surface area contributed by atoms with Crippen molar-refractivity contribution >= 4 is 107 Å². The number of carbonyl (C=O) groups is 1. The first-order valence-electron chi connectivity index (χ1n) is 15.9. The van der Waals surface area contributed by atoms with Gasteiger partial charge in [-0.3, -0.25) is 9.35 Å². The molecule has 0 aliphatic heterocycles. The molecule has 308 valence electrons. The van der Waals surface area contributed by atoms with Crippen molar-refractivity contribution in [1.29, 1.82) is 0 Å². The number of azo groups is 1. The summed E-state index contributed by atoms with van der Waals surface area (Å²) >= 11 is 7.54. The molecule has 58 heavy (non-hydrogen) atoms. The molecular weight excluding hydrogens is 872 g/mol. The van der Waals surface area contributed by atoms with Crippen LogP contribution in [0.4, 0.5) is 34.6 Å². The van der Waals surface area contributed by atoms with Gasteiger partial charge in [-0.2, -0.15) is 28.5 Å². The number of phenolic OH excluding ortho intramolecular Hbond substituents is 1. The molecular formula is C31H29ClN8O14S4. The number of carbonyl (C=O) groups excluding carboxylic acids is 1. The lowest BCUT2D eigenvalue weighted by molar-refractivity contribution is -0.432. The van der Waals surface area contributed by atoms with Crippen LogP contribution in [-0.2, 0) is 43.2 Å². The highest BCUT2D eigenvalue weighted by Gasteiger charge is 2.19. The fourth-order valence-electron chi connectivity index (χ4n) is 4.77. The van der Waals surface area contributed by atoms with Gasteiger partial charge in [0.05, 0.1) is 39.9 Å². The number of aromatic nitrogens is 3. The van der Waals surface area contributed by atoms with Crippen LogP contribution in [0.5, 0.6) is 5.75 Å². The SMILES string of the molecule is CN(CCSOOO)c1nc(Cl)nc(Nc2ccc3c(O)c(N=Nc4ccc(C(=O)Nc5ccc(S(=O)(=O)CCOS(=O)(=O)O)cc5)cc4)c(SOOO)cc3c2)n1. The molecule has 4 aromatic carbocycles. The molecule has 22 nitrogen and oxygen atoms in total. The molecule has 0 spiro atoms. The van der Waals surface area contributed by atoms with E-state index in [4.69, 9.17) is 26.7 Å². The van der Waals surface area contributed by atoms with Crippen LogP contribution in [0.25, 0.3) is 10.8 Å². The van der Waals surface area contributed by atoms with Crippen molar-refractivity contribution in [3.63, 3.8) is 0 Å². The first kappa shape index (κ1) is 44.3. The summed E-state index contributed by atoms with van der Waals surface area (Å²) in [7, 11) is -7.03. The minimum Gasteiger partial charge on any atom is -0.505 e. The van der Waals surface area contributed by atoms with E-state index in [2.05, 4.69) is 58.7 Å². The third-order valence-electron chi connectivity index (χ3n) is 7.44. The van der Waals surface area contributed by atoms with Gasteiger partial charge in [0.25, 0.3) is 5.91 Å². The van der Waals surface area contributed by atoms with E-state index in [1.165, 1.54) is 48.5 Å². The number of nitrogens with zero attached hydrogens (tertiary/aromatic N) is 6. The predicted octanol–water partition coefficient (Wildman–Crippen LogP) is 6.32. The summed E-state index contributed by atoms with van der Waals surface area (Å²) in [5.41, 5.74) is 1.21. The summed E-state index contributed by atoms with van der Waals surface area (Å²) < 4.78 is 67.8. The van der Waals surface area contributed by atoms with Crippen LogP contribution in [0.3, 0.4) is 0 Å². The molecule has 1 aromatic heterocycles. The van der Waals surface area contributed by atoms with Crippen molar-refractivity contribution in [2.75, 3.05) is 47.2 Å². The van der Waals surface area contributed by atoms with Gasteiger partial charge in [-0.25, -0.2) is 23.1 Å². The summed E-state index contributed by atoms with van der Waals surface area (Å²) in [6.45, 7) is -0.385. The van der Waals surface area contributed by atoms with Crippen molar-refractivity contribution in [2.24, 2.45) is 10.2 Å². The first-order valence-corrected chi connectivity index (χ1v) is 20.9. The van der Waals surface area contributed by atoms with E-state index < -0.39 is 38.5 Å². The fraction of sp³-hybridized carbons (Fsp3) is 0.161. The number of nitrogens with one attached hydrogen (secondary N) is 2. The van der Waals surface area contributed by atoms with E-state index in [1.807, 2.05) is 0 Å². The smallest absolute Gasteiger partial charge is 0.397 e. The highest BCUT2D eigenvalue weighted by atomic mass is 35.5. The van der Waals surface area contributed by atoms with E-state index in [-0.39, 0.29) is 55.3 Å². The minimum absolute atomic E-state index is 0.0421. The molecule has 0 unspecified atom stereocenters. The van der Waals surface area contributed by atoms with Crippen LogP contribution in [0.1, 0.15) is 10.4 Å². The zero-order chi connectivity index (χ0) is 41.9. The molecule has 0 aliphatic rings. The van der Waals surface area contributed by atoms with Gasteiger partial charge >= 0.3 is 10.4 Å². The fourth-order valence-corrected chi connectivity index (χ4v) is 7.37. The zero-order valence-corrected chi connectivity index (χ0v) is 33.3. The van der Waals surface area contributed by atoms with E-state index in [1.54, 1.807) is 36.2 Å². The Hall–Kier alpha value is -4.81. The predicted molar refractivity (Wildman–Crippen MR) is 209 cm³/mol. The van der Waals surface area contributed by atoms with Crippen LogP contribution in [0, 0.1) is 0 Å². The van der Waals surface area contributed by atoms with Crippen LogP contribution in [0.2, 0.25) is 5.28 Å². The number of aromatic hydroxyl groups is 1. The van der Waals surface area contributed by atoms with Crippen molar-refractivity contribution < 1.29 is 64.7 Å². The molecule has 6 N–H and O–H groups in total. The standard InChI is InChI=1S/C31H29ClN8O14S4/c1-40(12-14-55-53-51-43)31-36-29(32)35-30(37-31)34-22-8-11-24-19(16-22)17-25(56-54-52-44)26(27(24)41)39-38-21-4-2-18(3-5-21)28(42)33-20-6-9-23(10-7-20)57(45,46)15-13-50-58(47,48)49/h2-11,16-17,41,43-44H,12-15H2,1H3,(H,33,42)(H,47,48,49)(H,34,35,36,37). The molecule has 0 radical (unpaired) electrons. The maximum Gasteiger partial charge on any atom is 0.397 e. The Morgan fingerprint density at radius 2 is 1.62 bits per heavy atom. The maximum absolute atomic E-state index is 12.9. The Bertz CT molecular complexity index is 2490. The van der Waals surface area contributed by atoms with Crippen LogP contribution in [0.15, 0.2) is 92.8 Å². The second-order valence-electron chi connectivity index (χ2n) is 11.3. The second kappa shape index (κ2) is 20.2. The Balaban J connectivity index is 1.28. The molecule has 0 aliphatic carbocycles. The Morgan fingerprint density at radius 3 is 2.31 bits per heavy atom. The van der Waals surface area contributed by atoms with Gasteiger partial charge in [0.1, 0.15) is 5.69 Å². The number of rotatable bonds is 20. The Kier molecular flexibility index (Phi) is 15.5. The molecule has 0 atom stereocenters. The first-order chi connectivity index (χ1) is 27.7. The van der Waals surface area contributed by atoms with Gasteiger partial charge in [0, 0.05) is 53.7 Å². The molecule has 1 heterocycles. The average molecular weight is 901 g/mol. The number of benzene rings is 4. The lowest BCUT2D eigenvalue weighted by Gasteiger charge is -2.17. The summed E-state index contributed by atoms with van der Waals surface area (Å²) in [5.74, 6) is -0.799. The van der Waals surface area contributed by atoms with Crippen LogP contribution >= 0.6 is 35.7 Å². The van der Waals surface area contributed by atoms with Gasteiger partial charge in [-0.15, -0.1) is 13.8 Å². The van der Waals surface area contributed by atoms with Crippen molar-refractivity contribution in [1.82, 2.24) is 15.0 Å². The Morgan fingerprint density at radius 1 is 0.914 bits per heavy atom. The van der Waals surface area contributed by atoms with Crippen molar-refractivity contribution in [2.45, 2.75) is 9.79 Å². The number of hydrogen-bond donors (Lipinski definition) is 6. The number of halogens is 1. The van der Waals surface area contributed by atoms with E-state index in [0.29, 0.717) is 40.8 Å². The number of anilines is 4. The Labute approximate surface area is 342 Å². The van der Waals surface area contributed by atoms with Crippen LogP contribution in [-0.4, -0.2) is 89.6 Å². The van der Waals surface area contributed by atoms with Gasteiger partial charge in [-0.05, 0) is 89.8 Å². The summed E-state index contributed by atoms with van der Waals surface area (Å²) in [6, 6.07) is 17.5. The highest BCUT2D eigenvalue weighted by molar-refractivity contribution is 7.95. The number of fused-ring (bicyclic) bond motifs is 1. The highest BCUT2D eigenvalue weighted by Crippen LogP contribution is 2.44. The zero-order valence-electron chi connectivity index (χ0n) is 29.3. The second-order valence-corrected chi connectivity index (χ2v) is 16.3. The molecule has 0 fully saturated rings. The minimum atomic E-state index is -4.79. The summed E-state index contributed by atoms with van der Waals surface area (Å²) in [5, 5.41) is 50.5. The lowest BCUT2D eigenvalue weighted by atomic mass is 10.1. The maximum atomic E-state index is 12.9. The third-order valence-corrected chi connectivity index (χ3v) is 10.9. The monoisotopic (exact) mass is 900 g/mol. The molecule has 5 rings (SSSR count). The van der Waals surface area contributed by atoms with Gasteiger partial charge in [-0.1, -0.05) is 10.1 Å². The van der Waals surface area contributed by atoms with Crippen molar-refractivity contribution in [3.8, 4) is 5.75 Å². The average Bonchev–Trinajstić information content (AvgIpc) is 3.18. The number of amides is 1. The van der Waals surface area contributed by atoms with Gasteiger partial charge < -0.3 is 20.6 Å². The topological polar surface area (TPSA) is 303 Å². The normalized spacial score (nSPS) is 11.9. The number of sulfone groups is 1. The molecule has 0 bridgehead atoms. The largest absolute Gasteiger partial charge is 0.505 e. The molecule has 5 aromatic rings. The number of phenols is 1.